The van der Waals surface area contributed by atoms with Crippen LogP contribution in [0.15, 0.2) is 48.5 Å². The summed E-state index contributed by atoms with van der Waals surface area (Å²) in [5.74, 6) is -0.548. The number of nitrogens with zero attached hydrogens (tertiary/aromatic N) is 1. The smallest absolute Gasteiger partial charge is 0.251 e. The van der Waals surface area contributed by atoms with Gasteiger partial charge in [0.05, 0.1) is 5.02 Å². The Morgan fingerprint density at radius 1 is 1.25 bits per heavy atom. The fourth-order valence-corrected chi connectivity index (χ4v) is 2.90. The molecule has 5 nitrogen and oxygen atoms in total. The summed E-state index contributed by atoms with van der Waals surface area (Å²) >= 11 is 5.81. The molecule has 1 fully saturated rings. The minimum atomic E-state index is -0.534. The number of carbonyl (C=O) groups is 2. The van der Waals surface area contributed by atoms with E-state index in [9.17, 15) is 14.7 Å². The standard InChI is InChI=1S/C18H17ClN2O3/c19-14-10-13(6-7-16(14)22)17(23)20-15-8-9-21(18(15)24)11-12-4-2-1-3-5-12/h1-7,10,15,22H,8-9,11H2,(H,20,23). The van der Waals surface area contributed by atoms with E-state index >= 15 is 0 Å². The highest BCUT2D eigenvalue weighted by Crippen LogP contribution is 2.24. The quantitative estimate of drug-likeness (QED) is 0.895. The van der Waals surface area contributed by atoms with E-state index < -0.39 is 6.04 Å². The van der Waals surface area contributed by atoms with Gasteiger partial charge in [-0.2, -0.15) is 0 Å². The number of rotatable bonds is 4. The Morgan fingerprint density at radius 2 is 2.00 bits per heavy atom. The zero-order valence-electron chi connectivity index (χ0n) is 12.9. The number of benzene rings is 2. The summed E-state index contributed by atoms with van der Waals surface area (Å²) < 4.78 is 0. The molecule has 0 aliphatic carbocycles. The van der Waals surface area contributed by atoms with E-state index in [1.165, 1.54) is 18.2 Å². The van der Waals surface area contributed by atoms with Gasteiger partial charge in [0, 0.05) is 18.7 Å². The van der Waals surface area contributed by atoms with Crippen molar-refractivity contribution in [2.24, 2.45) is 0 Å². The van der Waals surface area contributed by atoms with Crippen molar-refractivity contribution in [3.63, 3.8) is 0 Å². The van der Waals surface area contributed by atoms with Crippen LogP contribution in [0, 0.1) is 0 Å². The Balaban J connectivity index is 1.63. The molecule has 6 heteroatoms. The number of aromatic hydroxyl groups is 1. The molecule has 1 aliphatic heterocycles. The lowest BCUT2D eigenvalue weighted by Gasteiger charge is -2.17. The topological polar surface area (TPSA) is 69.6 Å². The van der Waals surface area contributed by atoms with Crippen LogP contribution in [0.1, 0.15) is 22.3 Å². The molecule has 1 heterocycles. The molecule has 0 aromatic heterocycles. The molecule has 1 unspecified atom stereocenters. The predicted octanol–water partition coefficient (Wildman–Crippen LogP) is 2.58. The van der Waals surface area contributed by atoms with Gasteiger partial charge in [0.25, 0.3) is 5.91 Å². The molecule has 1 atom stereocenters. The summed E-state index contributed by atoms with van der Waals surface area (Å²) in [6, 6.07) is 13.4. The number of nitrogens with one attached hydrogen (secondary N) is 1. The zero-order chi connectivity index (χ0) is 17.1. The van der Waals surface area contributed by atoms with Crippen molar-refractivity contribution in [1.29, 1.82) is 0 Å². The van der Waals surface area contributed by atoms with E-state index in [1.54, 1.807) is 4.90 Å². The zero-order valence-corrected chi connectivity index (χ0v) is 13.7. The summed E-state index contributed by atoms with van der Waals surface area (Å²) in [6.07, 6.45) is 0.573. The third-order valence-electron chi connectivity index (χ3n) is 4.03. The van der Waals surface area contributed by atoms with Crippen molar-refractivity contribution in [1.82, 2.24) is 10.2 Å². The van der Waals surface area contributed by atoms with Gasteiger partial charge >= 0.3 is 0 Å². The molecular weight excluding hydrogens is 328 g/mol. The highest BCUT2D eigenvalue weighted by molar-refractivity contribution is 6.32. The van der Waals surface area contributed by atoms with E-state index in [0.717, 1.165) is 5.56 Å². The van der Waals surface area contributed by atoms with Crippen molar-refractivity contribution in [2.75, 3.05) is 6.54 Å². The van der Waals surface area contributed by atoms with Gasteiger partial charge < -0.3 is 15.3 Å². The minimum absolute atomic E-state index is 0.0841. The molecule has 0 saturated carbocycles. The van der Waals surface area contributed by atoms with Gasteiger partial charge in [-0.25, -0.2) is 0 Å². The molecule has 1 saturated heterocycles. The number of hydrogen-bond acceptors (Lipinski definition) is 3. The summed E-state index contributed by atoms with van der Waals surface area (Å²) in [7, 11) is 0. The first-order valence-electron chi connectivity index (χ1n) is 7.66. The van der Waals surface area contributed by atoms with Crippen LogP contribution >= 0.6 is 11.6 Å². The van der Waals surface area contributed by atoms with Crippen LogP contribution in [0.25, 0.3) is 0 Å². The number of phenolic OH excluding ortho intramolecular Hbond substituents is 1. The second-order valence-corrected chi connectivity index (χ2v) is 6.13. The average molecular weight is 345 g/mol. The number of amides is 2. The highest BCUT2D eigenvalue weighted by atomic mass is 35.5. The number of likely N-dealkylation sites (tertiary alicyclic amines) is 1. The summed E-state index contributed by atoms with van der Waals surface area (Å²) in [5.41, 5.74) is 1.37. The molecule has 2 aromatic carbocycles. The first-order valence-corrected chi connectivity index (χ1v) is 8.04. The Bertz CT molecular complexity index is 764. The molecule has 3 rings (SSSR count). The van der Waals surface area contributed by atoms with Gasteiger partial charge in [-0.05, 0) is 30.2 Å². The number of hydrogen-bond donors (Lipinski definition) is 2. The minimum Gasteiger partial charge on any atom is -0.506 e. The van der Waals surface area contributed by atoms with Gasteiger partial charge in [0.2, 0.25) is 5.91 Å². The molecule has 0 spiro atoms. The van der Waals surface area contributed by atoms with Gasteiger partial charge in [-0.15, -0.1) is 0 Å². The van der Waals surface area contributed by atoms with E-state index in [1.807, 2.05) is 30.3 Å². The lowest BCUT2D eigenvalue weighted by Crippen LogP contribution is -2.41. The monoisotopic (exact) mass is 344 g/mol. The fraction of sp³-hybridized carbons (Fsp3) is 0.222. The van der Waals surface area contributed by atoms with Crippen molar-refractivity contribution < 1.29 is 14.7 Å². The van der Waals surface area contributed by atoms with Crippen LogP contribution in [-0.4, -0.2) is 34.4 Å². The van der Waals surface area contributed by atoms with Crippen LogP contribution in [0.2, 0.25) is 5.02 Å². The highest BCUT2D eigenvalue weighted by Gasteiger charge is 2.32. The maximum absolute atomic E-state index is 12.4. The summed E-state index contributed by atoms with van der Waals surface area (Å²) in [5, 5.41) is 12.2. The van der Waals surface area contributed by atoms with Crippen LogP contribution < -0.4 is 5.32 Å². The fourth-order valence-electron chi connectivity index (χ4n) is 2.72. The Hall–Kier alpha value is -2.53. The molecule has 124 valence electrons. The summed E-state index contributed by atoms with van der Waals surface area (Å²) in [6.45, 7) is 1.14. The van der Waals surface area contributed by atoms with E-state index in [2.05, 4.69) is 5.32 Å². The third kappa shape index (κ3) is 3.51. The molecular formula is C18H17ClN2O3. The largest absolute Gasteiger partial charge is 0.506 e. The molecule has 2 aromatic rings. The average Bonchev–Trinajstić information content (AvgIpc) is 2.91. The molecule has 24 heavy (non-hydrogen) atoms. The van der Waals surface area contributed by atoms with Crippen molar-refractivity contribution >= 4 is 23.4 Å². The van der Waals surface area contributed by atoms with Crippen molar-refractivity contribution in [3.05, 3.63) is 64.7 Å². The normalized spacial score (nSPS) is 17.1. The Kier molecular flexibility index (Phi) is 4.71. The van der Waals surface area contributed by atoms with Crippen LogP contribution in [-0.2, 0) is 11.3 Å². The summed E-state index contributed by atoms with van der Waals surface area (Å²) in [4.78, 5) is 26.4. The van der Waals surface area contributed by atoms with Crippen molar-refractivity contribution in [2.45, 2.75) is 19.0 Å². The van der Waals surface area contributed by atoms with E-state index in [0.29, 0.717) is 25.1 Å². The van der Waals surface area contributed by atoms with Gasteiger partial charge in [0.15, 0.2) is 0 Å². The number of carbonyl (C=O) groups excluding carboxylic acids is 2. The first-order chi connectivity index (χ1) is 11.5. The SMILES string of the molecule is O=C(NC1CCN(Cc2ccccc2)C1=O)c1ccc(O)c(Cl)c1. The second-order valence-electron chi connectivity index (χ2n) is 5.73. The third-order valence-corrected chi connectivity index (χ3v) is 4.33. The molecule has 0 radical (unpaired) electrons. The van der Waals surface area contributed by atoms with Crippen LogP contribution in [0.3, 0.4) is 0 Å². The lowest BCUT2D eigenvalue weighted by molar-refractivity contribution is -0.129. The molecule has 0 bridgehead atoms. The second kappa shape index (κ2) is 6.93. The van der Waals surface area contributed by atoms with Gasteiger partial charge in [-0.1, -0.05) is 41.9 Å². The maximum atomic E-state index is 12.4. The number of halogens is 1. The number of phenols is 1. The van der Waals surface area contributed by atoms with Gasteiger partial charge in [0.1, 0.15) is 11.8 Å². The van der Waals surface area contributed by atoms with Gasteiger partial charge in [-0.3, -0.25) is 9.59 Å². The van der Waals surface area contributed by atoms with E-state index in [4.69, 9.17) is 11.6 Å². The maximum Gasteiger partial charge on any atom is 0.251 e. The van der Waals surface area contributed by atoms with Crippen molar-refractivity contribution in [3.8, 4) is 5.75 Å². The molecule has 1 aliphatic rings. The van der Waals surface area contributed by atoms with E-state index in [-0.39, 0.29) is 22.6 Å². The van der Waals surface area contributed by atoms with Crippen LogP contribution in [0.5, 0.6) is 5.75 Å². The lowest BCUT2D eigenvalue weighted by atomic mass is 10.1. The first kappa shape index (κ1) is 16.3. The predicted molar refractivity (Wildman–Crippen MR) is 90.8 cm³/mol. The molecule has 2 amide bonds. The Labute approximate surface area is 144 Å². The molecule has 2 N–H and O–H groups in total. The Morgan fingerprint density at radius 3 is 2.71 bits per heavy atom. The van der Waals surface area contributed by atoms with Crippen LogP contribution in [0.4, 0.5) is 0 Å².